The first-order chi connectivity index (χ1) is 10.1. The van der Waals surface area contributed by atoms with Crippen molar-refractivity contribution in [2.75, 3.05) is 7.11 Å². The van der Waals surface area contributed by atoms with E-state index in [0.29, 0.717) is 6.42 Å². The molecule has 3 rings (SSSR count). The standard InChI is InChI=1S/C16H18N2O3/c1-18-16-12-6-4-11(21-2)9-10(12)3-5-13(16)14(17-18)7-8-15(19)20/h4,6,9H,3,5,7-8H2,1-2H3,(H,19,20). The molecule has 0 spiro atoms. The molecule has 0 unspecified atom stereocenters. The summed E-state index contributed by atoms with van der Waals surface area (Å²) in [6.45, 7) is 0. The van der Waals surface area contributed by atoms with Crippen molar-refractivity contribution in [2.45, 2.75) is 25.7 Å². The molecular formula is C16H18N2O3. The van der Waals surface area contributed by atoms with Crippen molar-refractivity contribution in [1.29, 1.82) is 0 Å². The van der Waals surface area contributed by atoms with Gasteiger partial charge >= 0.3 is 5.97 Å². The molecule has 5 heteroatoms. The Morgan fingerprint density at radius 3 is 2.95 bits per heavy atom. The largest absolute Gasteiger partial charge is 0.497 e. The van der Waals surface area contributed by atoms with E-state index in [4.69, 9.17) is 9.84 Å². The van der Waals surface area contributed by atoms with Gasteiger partial charge in [0, 0.05) is 24.6 Å². The Balaban J connectivity index is 2.03. The number of fused-ring (bicyclic) bond motifs is 3. The zero-order valence-electron chi connectivity index (χ0n) is 12.2. The maximum Gasteiger partial charge on any atom is 0.303 e. The molecule has 5 nitrogen and oxygen atoms in total. The van der Waals surface area contributed by atoms with Crippen molar-refractivity contribution >= 4 is 5.97 Å². The van der Waals surface area contributed by atoms with Gasteiger partial charge in [-0.3, -0.25) is 9.48 Å². The predicted molar refractivity (Wildman–Crippen MR) is 78.6 cm³/mol. The molecule has 0 bridgehead atoms. The van der Waals surface area contributed by atoms with Gasteiger partial charge in [-0.15, -0.1) is 0 Å². The van der Waals surface area contributed by atoms with Crippen molar-refractivity contribution in [2.24, 2.45) is 7.05 Å². The van der Waals surface area contributed by atoms with Crippen LogP contribution < -0.4 is 4.74 Å². The average Bonchev–Trinajstić information content (AvgIpc) is 2.81. The molecule has 0 radical (unpaired) electrons. The fourth-order valence-electron chi connectivity index (χ4n) is 3.04. The maximum atomic E-state index is 10.8. The third kappa shape index (κ3) is 2.39. The lowest BCUT2D eigenvalue weighted by Gasteiger charge is -2.18. The van der Waals surface area contributed by atoms with E-state index in [1.54, 1.807) is 7.11 Å². The van der Waals surface area contributed by atoms with Crippen molar-refractivity contribution in [3.63, 3.8) is 0 Å². The second-order valence-corrected chi connectivity index (χ2v) is 5.31. The SMILES string of the molecule is COc1ccc2c(c1)CCc1c(CCC(=O)O)nn(C)c1-2. The van der Waals surface area contributed by atoms with Crippen LogP contribution in [0.5, 0.6) is 5.75 Å². The molecular weight excluding hydrogens is 268 g/mol. The molecule has 1 aromatic carbocycles. The Hall–Kier alpha value is -2.30. The highest BCUT2D eigenvalue weighted by Crippen LogP contribution is 2.36. The number of hydrogen-bond acceptors (Lipinski definition) is 3. The van der Waals surface area contributed by atoms with Crippen molar-refractivity contribution in [3.8, 4) is 17.0 Å². The number of aliphatic carboxylic acids is 1. The minimum Gasteiger partial charge on any atom is -0.497 e. The Labute approximate surface area is 123 Å². The number of methoxy groups -OCH3 is 1. The zero-order chi connectivity index (χ0) is 15.0. The van der Waals surface area contributed by atoms with Crippen LogP contribution >= 0.6 is 0 Å². The highest BCUT2D eigenvalue weighted by molar-refractivity contribution is 5.72. The summed E-state index contributed by atoms with van der Waals surface area (Å²) in [4.78, 5) is 10.8. The molecule has 0 fully saturated rings. The van der Waals surface area contributed by atoms with Crippen LogP contribution in [0.15, 0.2) is 18.2 Å². The Morgan fingerprint density at radius 2 is 2.24 bits per heavy atom. The van der Waals surface area contributed by atoms with Gasteiger partial charge in [-0.05, 0) is 36.6 Å². The number of carboxylic acids is 1. The van der Waals surface area contributed by atoms with Gasteiger partial charge in [-0.2, -0.15) is 5.10 Å². The maximum absolute atomic E-state index is 10.8. The summed E-state index contributed by atoms with van der Waals surface area (Å²) in [6.07, 6.45) is 2.45. The van der Waals surface area contributed by atoms with E-state index in [1.165, 1.54) is 16.7 Å². The number of aromatic nitrogens is 2. The van der Waals surface area contributed by atoms with Gasteiger partial charge in [0.1, 0.15) is 5.75 Å². The molecule has 1 aliphatic rings. The first-order valence-corrected chi connectivity index (χ1v) is 7.04. The van der Waals surface area contributed by atoms with Gasteiger partial charge in [0.15, 0.2) is 0 Å². The topological polar surface area (TPSA) is 64.3 Å². The molecule has 2 aromatic rings. The minimum absolute atomic E-state index is 0.124. The van der Waals surface area contributed by atoms with E-state index < -0.39 is 5.97 Å². The summed E-state index contributed by atoms with van der Waals surface area (Å²) in [5.74, 6) is 0.0841. The second-order valence-electron chi connectivity index (χ2n) is 5.31. The third-order valence-electron chi connectivity index (χ3n) is 4.02. The number of rotatable bonds is 4. The van der Waals surface area contributed by atoms with Crippen LogP contribution in [0.25, 0.3) is 11.3 Å². The van der Waals surface area contributed by atoms with Crippen molar-refractivity contribution < 1.29 is 14.6 Å². The van der Waals surface area contributed by atoms with E-state index >= 15 is 0 Å². The van der Waals surface area contributed by atoms with E-state index in [1.807, 2.05) is 17.8 Å². The molecule has 1 aromatic heterocycles. The zero-order valence-corrected chi connectivity index (χ0v) is 12.2. The highest BCUT2D eigenvalue weighted by atomic mass is 16.5. The van der Waals surface area contributed by atoms with Gasteiger partial charge in [-0.25, -0.2) is 0 Å². The Bertz CT molecular complexity index is 704. The number of benzene rings is 1. The van der Waals surface area contributed by atoms with Crippen LogP contribution in [-0.2, 0) is 31.1 Å². The minimum atomic E-state index is -0.782. The quantitative estimate of drug-likeness (QED) is 0.936. The molecule has 0 amide bonds. The van der Waals surface area contributed by atoms with Gasteiger partial charge < -0.3 is 9.84 Å². The summed E-state index contributed by atoms with van der Waals surface area (Å²) < 4.78 is 7.15. The van der Waals surface area contributed by atoms with Crippen molar-refractivity contribution in [1.82, 2.24) is 9.78 Å². The molecule has 110 valence electrons. The third-order valence-corrected chi connectivity index (χ3v) is 4.02. The predicted octanol–water partition coefficient (Wildman–Crippen LogP) is 2.21. The lowest BCUT2D eigenvalue weighted by Crippen LogP contribution is -2.07. The van der Waals surface area contributed by atoms with Gasteiger partial charge in [0.25, 0.3) is 0 Å². The monoisotopic (exact) mass is 286 g/mol. The molecule has 0 aliphatic heterocycles. The first-order valence-electron chi connectivity index (χ1n) is 7.04. The first kappa shape index (κ1) is 13.7. The molecule has 1 aliphatic carbocycles. The van der Waals surface area contributed by atoms with E-state index in [9.17, 15) is 4.79 Å². The Morgan fingerprint density at radius 1 is 1.43 bits per heavy atom. The van der Waals surface area contributed by atoms with Crippen molar-refractivity contribution in [3.05, 3.63) is 35.0 Å². The van der Waals surface area contributed by atoms with Crippen LogP contribution in [0.1, 0.15) is 23.2 Å². The van der Waals surface area contributed by atoms with Crippen LogP contribution in [0.2, 0.25) is 0 Å². The molecule has 0 saturated carbocycles. The summed E-state index contributed by atoms with van der Waals surface area (Å²) in [5, 5.41) is 13.4. The molecule has 21 heavy (non-hydrogen) atoms. The van der Waals surface area contributed by atoms with Gasteiger partial charge in [0.05, 0.1) is 24.9 Å². The number of nitrogens with zero attached hydrogens (tertiary/aromatic N) is 2. The van der Waals surface area contributed by atoms with E-state index in [2.05, 4.69) is 17.2 Å². The molecule has 1 heterocycles. The number of carboxylic acid groups (broad SMARTS) is 1. The van der Waals surface area contributed by atoms with Crippen LogP contribution in [0, 0.1) is 0 Å². The fourth-order valence-corrected chi connectivity index (χ4v) is 3.04. The molecule has 0 atom stereocenters. The van der Waals surface area contributed by atoms with E-state index in [0.717, 1.165) is 30.0 Å². The molecule has 0 saturated heterocycles. The number of carbonyl (C=O) groups is 1. The number of ether oxygens (including phenoxy) is 1. The summed E-state index contributed by atoms with van der Waals surface area (Å²) in [5.41, 5.74) is 5.65. The number of aryl methyl sites for hydroxylation is 3. The molecule has 1 N–H and O–H groups in total. The fraction of sp³-hybridized carbons (Fsp3) is 0.375. The Kier molecular flexibility index (Phi) is 3.41. The summed E-state index contributed by atoms with van der Waals surface area (Å²) >= 11 is 0. The average molecular weight is 286 g/mol. The number of hydrogen-bond donors (Lipinski definition) is 1. The lowest BCUT2D eigenvalue weighted by atomic mass is 9.88. The second kappa shape index (κ2) is 5.24. The van der Waals surface area contributed by atoms with Gasteiger partial charge in [0.2, 0.25) is 0 Å². The van der Waals surface area contributed by atoms with Gasteiger partial charge in [-0.1, -0.05) is 0 Å². The normalized spacial score (nSPS) is 12.7. The van der Waals surface area contributed by atoms with E-state index in [-0.39, 0.29) is 6.42 Å². The summed E-state index contributed by atoms with van der Waals surface area (Å²) in [7, 11) is 3.59. The lowest BCUT2D eigenvalue weighted by molar-refractivity contribution is -0.136. The van der Waals surface area contributed by atoms with Crippen LogP contribution in [0.4, 0.5) is 0 Å². The highest BCUT2D eigenvalue weighted by Gasteiger charge is 2.24. The summed E-state index contributed by atoms with van der Waals surface area (Å²) in [6, 6.07) is 6.09. The van der Waals surface area contributed by atoms with Crippen LogP contribution in [0.3, 0.4) is 0 Å². The van der Waals surface area contributed by atoms with Crippen LogP contribution in [-0.4, -0.2) is 28.0 Å². The smallest absolute Gasteiger partial charge is 0.303 e.